The Balaban J connectivity index is 1.29. The smallest absolute Gasteiger partial charge is 0.335 e. The van der Waals surface area contributed by atoms with Crippen molar-refractivity contribution in [3.63, 3.8) is 0 Å². The molecule has 1 aliphatic rings. The fourth-order valence-corrected chi connectivity index (χ4v) is 5.04. The number of carbonyl (C=O) groups is 4. The summed E-state index contributed by atoms with van der Waals surface area (Å²) in [7, 11) is 2.96. The van der Waals surface area contributed by atoms with Crippen molar-refractivity contribution in [2.45, 2.75) is 6.61 Å². The second kappa shape index (κ2) is 14.4. The first-order valence-electron chi connectivity index (χ1n) is 13.9. The molecule has 0 aliphatic carbocycles. The number of carbonyl (C=O) groups excluding carboxylic acids is 4. The summed E-state index contributed by atoms with van der Waals surface area (Å²) >= 11 is 3.42. The van der Waals surface area contributed by atoms with Crippen LogP contribution in [-0.2, 0) is 21.0 Å². The molecule has 46 heavy (non-hydrogen) atoms. The summed E-state index contributed by atoms with van der Waals surface area (Å²) in [5.74, 6) is -0.390. The molecular formula is C34H28BrN3O8. The number of nitrogens with one attached hydrogen (secondary N) is 2. The zero-order chi connectivity index (χ0) is 32.6. The van der Waals surface area contributed by atoms with Gasteiger partial charge >= 0.3 is 6.03 Å². The summed E-state index contributed by atoms with van der Waals surface area (Å²) in [6, 6.07) is 25.1. The lowest BCUT2D eigenvalue weighted by Gasteiger charge is -2.26. The molecule has 0 spiro atoms. The number of ether oxygens (including phenoxy) is 4. The SMILES string of the molecule is COc1ccc(NC(=O)COc2c(Br)cc(/C=C3/C(=O)NC(=O)N(c4ccc(OCc5ccccc5)cc4)C3=O)cc2OC)cc1. The number of nitrogens with zero attached hydrogens (tertiary/aromatic N) is 1. The first-order chi connectivity index (χ1) is 22.2. The third-order valence-electron chi connectivity index (χ3n) is 6.73. The molecule has 1 heterocycles. The highest BCUT2D eigenvalue weighted by molar-refractivity contribution is 9.10. The van der Waals surface area contributed by atoms with Crippen LogP contribution in [-0.4, -0.2) is 44.6 Å². The van der Waals surface area contributed by atoms with Crippen LogP contribution in [0.1, 0.15) is 11.1 Å². The monoisotopic (exact) mass is 685 g/mol. The van der Waals surface area contributed by atoms with Crippen LogP contribution in [0.5, 0.6) is 23.0 Å². The Kier molecular flexibility index (Phi) is 9.98. The van der Waals surface area contributed by atoms with Gasteiger partial charge in [-0.05, 0) is 93.8 Å². The Hall–Kier alpha value is -5.62. The summed E-state index contributed by atoms with van der Waals surface area (Å²) in [5, 5.41) is 4.94. The topological polar surface area (TPSA) is 132 Å². The van der Waals surface area contributed by atoms with Gasteiger partial charge in [-0.25, -0.2) is 9.69 Å². The van der Waals surface area contributed by atoms with Crippen LogP contribution in [0.25, 0.3) is 6.08 Å². The van der Waals surface area contributed by atoms with Crippen molar-refractivity contribution in [1.29, 1.82) is 0 Å². The molecule has 2 N–H and O–H groups in total. The zero-order valence-electron chi connectivity index (χ0n) is 24.7. The van der Waals surface area contributed by atoms with E-state index in [4.69, 9.17) is 18.9 Å². The molecule has 5 amide bonds. The normalized spacial score (nSPS) is 13.7. The molecule has 0 unspecified atom stereocenters. The van der Waals surface area contributed by atoms with E-state index in [2.05, 4.69) is 26.6 Å². The Morgan fingerprint density at radius 2 is 1.57 bits per heavy atom. The summed E-state index contributed by atoms with van der Waals surface area (Å²) in [4.78, 5) is 52.3. The minimum atomic E-state index is -0.875. The van der Waals surface area contributed by atoms with Gasteiger partial charge in [-0.1, -0.05) is 30.3 Å². The van der Waals surface area contributed by atoms with Crippen molar-refractivity contribution in [3.05, 3.63) is 112 Å². The second-order valence-electron chi connectivity index (χ2n) is 9.83. The predicted molar refractivity (Wildman–Crippen MR) is 174 cm³/mol. The second-order valence-corrected chi connectivity index (χ2v) is 10.7. The maximum absolute atomic E-state index is 13.4. The Bertz CT molecular complexity index is 1790. The summed E-state index contributed by atoms with van der Waals surface area (Å²) in [5.41, 5.74) is 1.94. The average Bonchev–Trinajstić information content (AvgIpc) is 3.06. The van der Waals surface area contributed by atoms with Crippen molar-refractivity contribution >= 4 is 57.1 Å². The van der Waals surface area contributed by atoms with Gasteiger partial charge in [0, 0.05) is 5.69 Å². The number of methoxy groups -OCH3 is 2. The Morgan fingerprint density at radius 1 is 0.870 bits per heavy atom. The van der Waals surface area contributed by atoms with E-state index in [-0.39, 0.29) is 29.4 Å². The van der Waals surface area contributed by atoms with E-state index < -0.39 is 23.8 Å². The van der Waals surface area contributed by atoms with Crippen LogP contribution >= 0.6 is 15.9 Å². The number of halogens is 1. The number of amides is 5. The average molecular weight is 687 g/mol. The molecule has 12 heteroatoms. The quantitative estimate of drug-likeness (QED) is 0.151. The van der Waals surface area contributed by atoms with Crippen molar-refractivity contribution in [3.8, 4) is 23.0 Å². The molecule has 0 atom stereocenters. The summed E-state index contributed by atoms with van der Waals surface area (Å²) < 4.78 is 22.5. The first-order valence-corrected chi connectivity index (χ1v) is 14.7. The molecule has 1 aliphatic heterocycles. The van der Waals surface area contributed by atoms with Crippen molar-refractivity contribution in [1.82, 2.24) is 5.32 Å². The number of rotatable bonds is 11. The molecule has 234 valence electrons. The highest BCUT2D eigenvalue weighted by Gasteiger charge is 2.37. The van der Waals surface area contributed by atoms with Gasteiger partial charge in [0.2, 0.25) is 0 Å². The minimum Gasteiger partial charge on any atom is -0.497 e. The first kappa shape index (κ1) is 31.8. The van der Waals surface area contributed by atoms with E-state index in [1.807, 2.05) is 30.3 Å². The molecule has 5 rings (SSSR count). The van der Waals surface area contributed by atoms with E-state index in [0.717, 1.165) is 10.5 Å². The molecular weight excluding hydrogens is 658 g/mol. The summed E-state index contributed by atoms with van der Waals surface area (Å²) in [6.45, 7) is 0.0277. The van der Waals surface area contributed by atoms with Gasteiger partial charge in [-0.3, -0.25) is 19.7 Å². The van der Waals surface area contributed by atoms with E-state index in [1.54, 1.807) is 61.7 Å². The molecule has 4 aromatic rings. The van der Waals surface area contributed by atoms with Gasteiger partial charge in [0.05, 0.1) is 24.4 Å². The number of urea groups is 1. The van der Waals surface area contributed by atoms with E-state index in [1.165, 1.54) is 19.3 Å². The van der Waals surface area contributed by atoms with Crippen LogP contribution in [0.2, 0.25) is 0 Å². The molecule has 1 fully saturated rings. The number of anilines is 2. The van der Waals surface area contributed by atoms with E-state index in [0.29, 0.717) is 33.8 Å². The lowest BCUT2D eigenvalue weighted by Crippen LogP contribution is -2.54. The van der Waals surface area contributed by atoms with Crippen molar-refractivity contribution < 1.29 is 38.1 Å². The lowest BCUT2D eigenvalue weighted by molar-refractivity contribution is -0.122. The fourth-order valence-electron chi connectivity index (χ4n) is 4.46. The minimum absolute atomic E-state index is 0.236. The number of hydrogen-bond donors (Lipinski definition) is 2. The van der Waals surface area contributed by atoms with Gasteiger partial charge in [0.1, 0.15) is 23.7 Å². The maximum Gasteiger partial charge on any atom is 0.335 e. The van der Waals surface area contributed by atoms with E-state index in [9.17, 15) is 19.2 Å². The predicted octanol–water partition coefficient (Wildman–Crippen LogP) is 5.73. The van der Waals surface area contributed by atoms with E-state index >= 15 is 0 Å². The molecule has 11 nitrogen and oxygen atoms in total. The van der Waals surface area contributed by atoms with Crippen LogP contribution in [0.4, 0.5) is 16.2 Å². The molecule has 0 aromatic heterocycles. The molecule has 0 radical (unpaired) electrons. The van der Waals surface area contributed by atoms with Crippen LogP contribution in [0, 0.1) is 0 Å². The van der Waals surface area contributed by atoms with Crippen LogP contribution < -0.4 is 34.5 Å². The van der Waals surface area contributed by atoms with Gasteiger partial charge in [0.15, 0.2) is 18.1 Å². The fraction of sp³-hybridized carbons (Fsp3) is 0.118. The zero-order valence-corrected chi connectivity index (χ0v) is 26.3. The highest BCUT2D eigenvalue weighted by Crippen LogP contribution is 2.37. The summed E-state index contributed by atoms with van der Waals surface area (Å²) in [6.07, 6.45) is 1.34. The molecule has 0 saturated carbocycles. The molecule has 1 saturated heterocycles. The lowest BCUT2D eigenvalue weighted by atomic mass is 10.1. The van der Waals surface area contributed by atoms with Gasteiger partial charge in [-0.2, -0.15) is 0 Å². The number of hydrogen-bond acceptors (Lipinski definition) is 8. The third kappa shape index (κ3) is 7.53. The van der Waals surface area contributed by atoms with Gasteiger partial charge in [-0.15, -0.1) is 0 Å². The number of barbiturate groups is 1. The Labute approximate surface area is 272 Å². The number of imide groups is 2. The van der Waals surface area contributed by atoms with Gasteiger partial charge < -0.3 is 24.3 Å². The standard InChI is InChI=1S/C34H28BrN3O8/c1-43-25-12-8-23(9-13-25)36-30(39)20-46-31-28(35)17-22(18-29(31)44-2)16-27-32(40)37-34(42)38(33(27)41)24-10-14-26(15-11-24)45-19-21-6-4-3-5-7-21/h3-18H,19-20H2,1-2H3,(H,36,39)(H,37,40,42)/b27-16-. The van der Waals surface area contributed by atoms with Crippen LogP contribution in [0.3, 0.4) is 0 Å². The maximum atomic E-state index is 13.4. The third-order valence-corrected chi connectivity index (χ3v) is 7.32. The molecule has 0 bridgehead atoms. The largest absolute Gasteiger partial charge is 0.497 e. The van der Waals surface area contributed by atoms with Crippen molar-refractivity contribution in [2.24, 2.45) is 0 Å². The Morgan fingerprint density at radius 3 is 2.24 bits per heavy atom. The number of benzene rings is 4. The van der Waals surface area contributed by atoms with Crippen LogP contribution in [0.15, 0.2) is 101 Å². The highest BCUT2D eigenvalue weighted by atomic mass is 79.9. The van der Waals surface area contributed by atoms with Crippen molar-refractivity contribution in [2.75, 3.05) is 31.0 Å². The van der Waals surface area contributed by atoms with Gasteiger partial charge in [0.25, 0.3) is 17.7 Å². The molecule has 4 aromatic carbocycles.